The Morgan fingerprint density at radius 1 is 1.05 bits per heavy atom. The smallest absolute Gasteiger partial charge is 0.225 e. The number of nitrogens with two attached hydrogens (primary N) is 1. The molecule has 0 radical (unpaired) electrons. The summed E-state index contributed by atoms with van der Waals surface area (Å²) in [7, 11) is 0. The summed E-state index contributed by atoms with van der Waals surface area (Å²) in [6.45, 7) is 2.24. The Morgan fingerprint density at radius 2 is 1.64 bits per heavy atom. The minimum absolute atomic E-state index is 0. The Balaban J connectivity index is 0.00000441. The van der Waals surface area contributed by atoms with E-state index in [2.05, 4.69) is 17.2 Å². The molecule has 1 heterocycles. The molecular weight excluding hydrogens is 298 g/mol. The van der Waals surface area contributed by atoms with Crippen LogP contribution < -0.4 is 11.1 Å². The van der Waals surface area contributed by atoms with Crippen LogP contribution in [0.15, 0.2) is 18.2 Å². The third-order valence-electron chi connectivity index (χ3n) is 3.55. The zero-order valence-electron chi connectivity index (χ0n) is 13.6. The predicted octanol–water partition coefficient (Wildman–Crippen LogP) is 4.95. The molecular formula is C17H30ClN3O. The minimum atomic E-state index is 0. The second-order valence-corrected chi connectivity index (χ2v) is 5.57. The number of hydrogen-bond acceptors (Lipinski definition) is 3. The molecule has 22 heavy (non-hydrogen) atoms. The summed E-state index contributed by atoms with van der Waals surface area (Å²) >= 11 is 0. The fourth-order valence-corrected chi connectivity index (χ4v) is 2.32. The van der Waals surface area contributed by atoms with Crippen LogP contribution in [-0.4, -0.2) is 10.9 Å². The standard InChI is InChI=1S/C17H29N3O.ClH/c1-2-3-4-5-6-7-8-9-10-14-17(21)20-16-13-11-12-15(18)19-16;/h11-13H,2-10,14H2,1H3,(H3,18,19,20,21);1H. The van der Waals surface area contributed by atoms with E-state index in [1.807, 2.05) is 0 Å². The first kappa shape index (κ1) is 20.7. The maximum absolute atomic E-state index is 11.7. The highest BCUT2D eigenvalue weighted by Crippen LogP contribution is 2.11. The van der Waals surface area contributed by atoms with Gasteiger partial charge in [-0.1, -0.05) is 64.4 Å². The largest absolute Gasteiger partial charge is 0.384 e. The fraction of sp³-hybridized carbons (Fsp3) is 0.647. The average molecular weight is 328 g/mol. The topological polar surface area (TPSA) is 68.0 Å². The molecule has 1 rings (SSSR count). The molecule has 0 saturated heterocycles. The zero-order valence-corrected chi connectivity index (χ0v) is 14.5. The van der Waals surface area contributed by atoms with Crippen molar-refractivity contribution >= 4 is 29.9 Å². The third-order valence-corrected chi connectivity index (χ3v) is 3.55. The molecule has 0 fully saturated rings. The quantitative estimate of drug-likeness (QED) is 0.565. The van der Waals surface area contributed by atoms with Gasteiger partial charge in [0.25, 0.3) is 0 Å². The van der Waals surface area contributed by atoms with Crippen molar-refractivity contribution in [3.63, 3.8) is 0 Å². The van der Waals surface area contributed by atoms with Crippen molar-refractivity contribution in [3.8, 4) is 0 Å². The molecule has 1 aromatic rings. The van der Waals surface area contributed by atoms with Gasteiger partial charge in [0.05, 0.1) is 0 Å². The molecule has 0 aromatic carbocycles. The molecule has 0 saturated carbocycles. The molecule has 3 N–H and O–H groups in total. The van der Waals surface area contributed by atoms with E-state index in [4.69, 9.17) is 5.73 Å². The van der Waals surface area contributed by atoms with Gasteiger partial charge in [-0.15, -0.1) is 12.4 Å². The lowest BCUT2D eigenvalue weighted by molar-refractivity contribution is -0.116. The van der Waals surface area contributed by atoms with Crippen molar-refractivity contribution in [3.05, 3.63) is 18.2 Å². The summed E-state index contributed by atoms with van der Waals surface area (Å²) in [5.74, 6) is 0.989. The maximum atomic E-state index is 11.7. The van der Waals surface area contributed by atoms with Gasteiger partial charge in [-0.3, -0.25) is 4.79 Å². The lowest BCUT2D eigenvalue weighted by atomic mass is 10.1. The van der Waals surface area contributed by atoms with E-state index in [0.717, 1.165) is 12.8 Å². The Morgan fingerprint density at radius 3 is 2.23 bits per heavy atom. The van der Waals surface area contributed by atoms with Crippen LogP contribution in [0.4, 0.5) is 11.6 Å². The molecule has 0 bridgehead atoms. The SMILES string of the molecule is CCCCCCCCCCCC(=O)Nc1cccc(N)n1.Cl. The third kappa shape index (κ3) is 10.4. The number of unbranched alkanes of at least 4 members (excludes halogenated alkanes) is 8. The number of nitrogens with zero attached hydrogens (tertiary/aromatic N) is 1. The van der Waals surface area contributed by atoms with Crippen LogP contribution in [-0.2, 0) is 4.79 Å². The number of carbonyl (C=O) groups excluding carboxylic acids is 1. The van der Waals surface area contributed by atoms with Gasteiger partial charge < -0.3 is 11.1 Å². The highest BCUT2D eigenvalue weighted by Gasteiger charge is 2.03. The molecule has 0 aliphatic rings. The molecule has 1 aromatic heterocycles. The number of carbonyl (C=O) groups is 1. The Labute approximate surface area is 140 Å². The Kier molecular flexibility index (Phi) is 12.6. The van der Waals surface area contributed by atoms with Gasteiger partial charge in [0, 0.05) is 6.42 Å². The van der Waals surface area contributed by atoms with E-state index in [-0.39, 0.29) is 18.3 Å². The van der Waals surface area contributed by atoms with Crippen LogP contribution >= 0.6 is 12.4 Å². The number of nitrogen functional groups attached to an aromatic ring is 1. The number of anilines is 2. The van der Waals surface area contributed by atoms with Crippen LogP contribution in [0.5, 0.6) is 0 Å². The second-order valence-electron chi connectivity index (χ2n) is 5.57. The van der Waals surface area contributed by atoms with E-state index < -0.39 is 0 Å². The van der Waals surface area contributed by atoms with Gasteiger partial charge in [-0.2, -0.15) is 0 Å². The van der Waals surface area contributed by atoms with Crippen molar-refractivity contribution < 1.29 is 4.79 Å². The van der Waals surface area contributed by atoms with Gasteiger partial charge in [0.15, 0.2) is 0 Å². The van der Waals surface area contributed by atoms with Crippen molar-refractivity contribution in [1.29, 1.82) is 0 Å². The molecule has 1 amide bonds. The zero-order chi connectivity index (χ0) is 15.3. The molecule has 5 heteroatoms. The van der Waals surface area contributed by atoms with E-state index in [1.54, 1.807) is 18.2 Å². The van der Waals surface area contributed by atoms with Crippen molar-refractivity contribution in [2.24, 2.45) is 0 Å². The molecule has 126 valence electrons. The van der Waals surface area contributed by atoms with Crippen LogP contribution in [0.2, 0.25) is 0 Å². The normalized spacial score (nSPS) is 10.0. The first-order valence-corrected chi connectivity index (χ1v) is 8.24. The predicted molar refractivity (Wildman–Crippen MR) is 96.4 cm³/mol. The molecule has 0 spiro atoms. The summed E-state index contributed by atoms with van der Waals surface area (Å²) < 4.78 is 0. The molecule has 4 nitrogen and oxygen atoms in total. The number of hydrogen-bond donors (Lipinski definition) is 2. The van der Waals surface area contributed by atoms with E-state index in [1.165, 1.54) is 44.9 Å². The summed E-state index contributed by atoms with van der Waals surface area (Å²) in [5, 5.41) is 2.78. The number of rotatable bonds is 11. The summed E-state index contributed by atoms with van der Waals surface area (Å²) in [6, 6.07) is 5.25. The van der Waals surface area contributed by atoms with E-state index in [0.29, 0.717) is 18.1 Å². The first-order chi connectivity index (χ1) is 10.2. The Hall–Kier alpha value is -1.29. The minimum Gasteiger partial charge on any atom is -0.384 e. The number of amides is 1. The monoisotopic (exact) mass is 327 g/mol. The van der Waals surface area contributed by atoms with Crippen molar-refractivity contribution in [1.82, 2.24) is 4.98 Å². The molecule has 0 aliphatic carbocycles. The van der Waals surface area contributed by atoms with Gasteiger partial charge in [-0.05, 0) is 18.6 Å². The van der Waals surface area contributed by atoms with Crippen molar-refractivity contribution in [2.75, 3.05) is 11.1 Å². The number of nitrogens with one attached hydrogen (secondary N) is 1. The summed E-state index contributed by atoms with van der Waals surface area (Å²) in [5.41, 5.74) is 5.57. The summed E-state index contributed by atoms with van der Waals surface area (Å²) in [6.07, 6.45) is 11.9. The van der Waals surface area contributed by atoms with Crippen LogP contribution in [0.1, 0.15) is 71.1 Å². The second kappa shape index (κ2) is 13.4. The van der Waals surface area contributed by atoms with E-state index in [9.17, 15) is 4.79 Å². The highest BCUT2D eigenvalue weighted by atomic mass is 35.5. The highest BCUT2D eigenvalue weighted by molar-refractivity contribution is 5.89. The lowest BCUT2D eigenvalue weighted by Gasteiger charge is -2.05. The first-order valence-electron chi connectivity index (χ1n) is 8.24. The summed E-state index contributed by atoms with van der Waals surface area (Å²) in [4.78, 5) is 15.8. The van der Waals surface area contributed by atoms with Gasteiger partial charge in [0.2, 0.25) is 5.91 Å². The number of halogens is 1. The molecule has 0 atom stereocenters. The number of aromatic nitrogens is 1. The lowest BCUT2D eigenvalue weighted by Crippen LogP contribution is -2.12. The molecule has 0 unspecified atom stereocenters. The average Bonchev–Trinajstić information content (AvgIpc) is 2.45. The van der Waals surface area contributed by atoms with Crippen molar-refractivity contribution in [2.45, 2.75) is 71.1 Å². The van der Waals surface area contributed by atoms with Gasteiger partial charge in [-0.25, -0.2) is 4.98 Å². The maximum Gasteiger partial charge on any atom is 0.225 e. The van der Waals surface area contributed by atoms with Gasteiger partial charge >= 0.3 is 0 Å². The van der Waals surface area contributed by atoms with Crippen LogP contribution in [0, 0.1) is 0 Å². The van der Waals surface area contributed by atoms with E-state index >= 15 is 0 Å². The van der Waals surface area contributed by atoms with Crippen LogP contribution in [0.25, 0.3) is 0 Å². The van der Waals surface area contributed by atoms with Crippen LogP contribution in [0.3, 0.4) is 0 Å². The number of pyridine rings is 1. The molecule has 0 aliphatic heterocycles. The fourth-order valence-electron chi connectivity index (χ4n) is 2.32. The Bertz CT molecular complexity index is 413. The van der Waals surface area contributed by atoms with Gasteiger partial charge in [0.1, 0.15) is 11.6 Å².